The summed E-state index contributed by atoms with van der Waals surface area (Å²) in [5.41, 5.74) is 6.17. The van der Waals surface area contributed by atoms with Crippen molar-refractivity contribution >= 4 is 23.0 Å². The number of hydrazone groups is 1. The largest absolute Gasteiger partial charge is 0.496 e. The number of fused-ring (bicyclic) bond motifs is 1. The summed E-state index contributed by atoms with van der Waals surface area (Å²) in [7, 11) is 1.62. The van der Waals surface area contributed by atoms with E-state index in [2.05, 4.69) is 17.5 Å². The van der Waals surface area contributed by atoms with Crippen LogP contribution >= 0.6 is 0 Å². The topological polar surface area (TPSA) is 72.8 Å². The van der Waals surface area contributed by atoms with E-state index in [9.17, 15) is 4.79 Å². The Balaban J connectivity index is 1.59. The lowest BCUT2D eigenvalue weighted by Gasteiger charge is -2.11. The molecule has 0 bridgehead atoms. The van der Waals surface area contributed by atoms with Gasteiger partial charge in [-0.2, -0.15) is 5.10 Å². The van der Waals surface area contributed by atoms with Crippen LogP contribution < -0.4 is 14.9 Å². The highest BCUT2D eigenvalue weighted by Crippen LogP contribution is 2.31. The van der Waals surface area contributed by atoms with Crippen molar-refractivity contribution in [3.05, 3.63) is 90.0 Å². The maximum absolute atomic E-state index is 13.1. The molecule has 1 amide bonds. The molecule has 0 radical (unpaired) electrons. The Morgan fingerprint density at radius 1 is 1.03 bits per heavy atom. The first kappa shape index (κ1) is 22.0. The quantitative estimate of drug-likeness (QED) is 0.292. The smallest absolute Gasteiger partial charge is 0.272 e. The number of benzene rings is 3. The second kappa shape index (κ2) is 10.4. The molecule has 4 aromatic rings. The normalized spacial score (nSPS) is 11.0. The second-order valence-electron chi connectivity index (χ2n) is 7.39. The number of rotatable bonds is 8. The zero-order valence-electron chi connectivity index (χ0n) is 18.6. The summed E-state index contributed by atoms with van der Waals surface area (Å²) in [5.74, 6) is 1.19. The Morgan fingerprint density at radius 3 is 2.58 bits per heavy atom. The first-order chi connectivity index (χ1) is 16.2. The van der Waals surface area contributed by atoms with Crippen molar-refractivity contribution in [2.45, 2.75) is 13.3 Å². The average Bonchev–Trinajstić information content (AvgIpc) is 2.87. The number of methoxy groups -OCH3 is 1. The van der Waals surface area contributed by atoms with Gasteiger partial charge in [0, 0.05) is 10.9 Å². The van der Waals surface area contributed by atoms with Gasteiger partial charge in [-0.05, 0) is 60.5 Å². The summed E-state index contributed by atoms with van der Waals surface area (Å²) in [6, 6.07) is 24.5. The Hall–Kier alpha value is -4.19. The molecule has 3 aromatic carbocycles. The highest BCUT2D eigenvalue weighted by Gasteiger charge is 2.15. The Kier molecular flexibility index (Phi) is 6.95. The number of carbonyl (C=O) groups excluding carboxylic acids is 1. The summed E-state index contributed by atoms with van der Waals surface area (Å²) in [6.45, 7) is 2.75. The van der Waals surface area contributed by atoms with Crippen LogP contribution in [0.5, 0.6) is 11.5 Å². The van der Waals surface area contributed by atoms with Gasteiger partial charge in [-0.25, -0.2) is 10.4 Å². The molecule has 0 saturated heterocycles. The number of ether oxygens (including phenoxy) is 2. The summed E-state index contributed by atoms with van der Waals surface area (Å²) in [5, 5.41) is 4.89. The number of hydrogen-bond acceptors (Lipinski definition) is 5. The van der Waals surface area contributed by atoms with Crippen molar-refractivity contribution in [2.75, 3.05) is 13.7 Å². The van der Waals surface area contributed by atoms with E-state index in [1.807, 2.05) is 72.8 Å². The highest BCUT2D eigenvalue weighted by molar-refractivity contribution is 6.07. The van der Waals surface area contributed by atoms with Crippen molar-refractivity contribution in [2.24, 2.45) is 5.10 Å². The Labute approximate surface area is 192 Å². The van der Waals surface area contributed by atoms with Crippen LogP contribution in [0.4, 0.5) is 0 Å². The molecule has 0 atom stereocenters. The van der Waals surface area contributed by atoms with Crippen LogP contribution in [0.3, 0.4) is 0 Å². The van der Waals surface area contributed by atoms with E-state index in [4.69, 9.17) is 14.5 Å². The number of nitrogens with zero attached hydrogens (tertiary/aromatic N) is 2. The van der Waals surface area contributed by atoms with Gasteiger partial charge in [0.05, 0.1) is 36.7 Å². The summed E-state index contributed by atoms with van der Waals surface area (Å²) >= 11 is 0. The van der Waals surface area contributed by atoms with Crippen molar-refractivity contribution < 1.29 is 14.3 Å². The molecule has 1 heterocycles. The lowest BCUT2D eigenvalue weighted by Crippen LogP contribution is -2.18. The summed E-state index contributed by atoms with van der Waals surface area (Å²) in [4.78, 5) is 17.8. The predicted molar refractivity (Wildman–Crippen MR) is 131 cm³/mol. The summed E-state index contributed by atoms with van der Waals surface area (Å²) in [6.07, 6.45) is 2.56. The molecule has 0 spiro atoms. The standard InChI is InChI=1S/C27H25N3O3/c1-3-16-33-20-14-12-19(13-15-20)18-28-30-27(31)23-17-25(22-9-5-7-11-26(22)32-2)29-24-10-6-4-8-21(23)24/h4-15,17-18H,3,16H2,1-2H3,(H,30,31). The van der Waals surface area contributed by atoms with E-state index in [0.717, 1.165) is 34.2 Å². The van der Waals surface area contributed by atoms with Gasteiger partial charge in [-0.1, -0.05) is 37.3 Å². The minimum atomic E-state index is -0.316. The van der Waals surface area contributed by atoms with E-state index in [1.165, 1.54) is 0 Å². The predicted octanol–water partition coefficient (Wildman–Crippen LogP) is 5.46. The van der Waals surface area contributed by atoms with Crippen LogP contribution in [-0.4, -0.2) is 30.8 Å². The summed E-state index contributed by atoms with van der Waals surface area (Å²) < 4.78 is 11.1. The molecular weight excluding hydrogens is 414 g/mol. The third kappa shape index (κ3) is 5.18. The number of carbonyl (C=O) groups is 1. The fourth-order valence-electron chi connectivity index (χ4n) is 3.45. The molecule has 0 unspecified atom stereocenters. The van der Waals surface area contributed by atoms with Gasteiger partial charge in [0.2, 0.25) is 0 Å². The third-order valence-corrected chi connectivity index (χ3v) is 5.08. The molecule has 0 saturated carbocycles. The van der Waals surface area contributed by atoms with Gasteiger partial charge in [-0.15, -0.1) is 0 Å². The van der Waals surface area contributed by atoms with Crippen LogP contribution in [0.25, 0.3) is 22.2 Å². The Bertz CT molecular complexity index is 1280. The third-order valence-electron chi connectivity index (χ3n) is 5.08. The van der Waals surface area contributed by atoms with Gasteiger partial charge in [0.25, 0.3) is 5.91 Å². The molecule has 1 aromatic heterocycles. The maximum atomic E-state index is 13.1. The zero-order chi connectivity index (χ0) is 23.0. The van der Waals surface area contributed by atoms with E-state index >= 15 is 0 Å². The fourth-order valence-corrected chi connectivity index (χ4v) is 3.45. The number of pyridine rings is 1. The van der Waals surface area contributed by atoms with Crippen molar-refractivity contribution in [1.29, 1.82) is 0 Å². The van der Waals surface area contributed by atoms with Crippen molar-refractivity contribution in [1.82, 2.24) is 10.4 Å². The van der Waals surface area contributed by atoms with Crippen LogP contribution in [0.15, 0.2) is 84.0 Å². The first-order valence-electron chi connectivity index (χ1n) is 10.8. The molecule has 0 fully saturated rings. The first-order valence-corrected chi connectivity index (χ1v) is 10.8. The number of amides is 1. The minimum Gasteiger partial charge on any atom is -0.496 e. The molecule has 166 valence electrons. The zero-order valence-corrected chi connectivity index (χ0v) is 18.6. The van der Waals surface area contributed by atoms with Crippen LogP contribution in [0.2, 0.25) is 0 Å². The van der Waals surface area contributed by atoms with E-state index < -0.39 is 0 Å². The van der Waals surface area contributed by atoms with Crippen molar-refractivity contribution in [3.63, 3.8) is 0 Å². The fraction of sp³-hybridized carbons (Fsp3) is 0.148. The van der Waals surface area contributed by atoms with Crippen molar-refractivity contribution in [3.8, 4) is 22.8 Å². The van der Waals surface area contributed by atoms with Gasteiger partial charge < -0.3 is 9.47 Å². The molecule has 0 aliphatic heterocycles. The number of nitrogens with one attached hydrogen (secondary N) is 1. The number of hydrogen-bond donors (Lipinski definition) is 1. The lowest BCUT2D eigenvalue weighted by atomic mass is 10.0. The lowest BCUT2D eigenvalue weighted by molar-refractivity contribution is 0.0956. The van der Waals surface area contributed by atoms with Crippen LogP contribution in [0.1, 0.15) is 29.3 Å². The molecule has 6 heteroatoms. The highest BCUT2D eigenvalue weighted by atomic mass is 16.5. The second-order valence-corrected chi connectivity index (χ2v) is 7.39. The molecule has 6 nitrogen and oxygen atoms in total. The molecule has 4 rings (SSSR count). The van der Waals surface area contributed by atoms with E-state index in [0.29, 0.717) is 23.6 Å². The molecule has 33 heavy (non-hydrogen) atoms. The molecule has 0 aliphatic rings. The Morgan fingerprint density at radius 2 is 1.79 bits per heavy atom. The van der Waals surface area contributed by atoms with Gasteiger partial charge in [0.15, 0.2) is 0 Å². The van der Waals surface area contributed by atoms with E-state index in [-0.39, 0.29) is 5.91 Å². The molecule has 1 N–H and O–H groups in total. The molecular formula is C27H25N3O3. The SMILES string of the molecule is CCCOc1ccc(C=NNC(=O)c2cc(-c3ccccc3OC)nc3ccccc23)cc1. The minimum absolute atomic E-state index is 0.316. The molecule has 0 aliphatic carbocycles. The van der Waals surface area contributed by atoms with Gasteiger partial charge >= 0.3 is 0 Å². The maximum Gasteiger partial charge on any atom is 0.272 e. The van der Waals surface area contributed by atoms with Gasteiger partial charge in [0.1, 0.15) is 11.5 Å². The van der Waals surface area contributed by atoms with Crippen LogP contribution in [0, 0.1) is 0 Å². The number of aromatic nitrogens is 1. The average molecular weight is 440 g/mol. The number of para-hydroxylation sites is 2. The monoisotopic (exact) mass is 439 g/mol. The van der Waals surface area contributed by atoms with Gasteiger partial charge in [-0.3, -0.25) is 4.79 Å². The van der Waals surface area contributed by atoms with Crippen LogP contribution in [-0.2, 0) is 0 Å². The van der Waals surface area contributed by atoms with E-state index in [1.54, 1.807) is 19.4 Å².